The molecule has 0 spiro atoms. The first-order chi connectivity index (χ1) is 11.1. The van der Waals surface area contributed by atoms with Crippen LogP contribution in [0, 0.1) is 5.41 Å². The average Bonchev–Trinajstić information content (AvgIpc) is 2.58. The fraction of sp³-hybridized carbons (Fsp3) is 0.700. The third-order valence-corrected chi connectivity index (χ3v) is 4.80. The summed E-state index contributed by atoms with van der Waals surface area (Å²) >= 11 is 0. The molecule has 2 unspecified atom stereocenters. The van der Waals surface area contributed by atoms with Crippen LogP contribution in [0.5, 0.6) is 0 Å². The molecule has 0 heterocycles. The summed E-state index contributed by atoms with van der Waals surface area (Å²) in [5.74, 6) is 0. The first-order valence-electron chi connectivity index (χ1n) is 8.72. The van der Waals surface area contributed by atoms with E-state index < -0.39 is 12.2 Å². The van der Waals surface area contributed by atoms with E-state index >= 15 is 0 Å². The van der Waals surface area contributed by atoms with E-state index in [0.717, 1.165) is 24.0 Å². The number of hydrogen-bond acceptors (Lipinski definition) is 4. The minimum atomic E-state index is -0.547. The molecule has 0 bridgehead atoms. The Morgan fingerprint density at radius 2 is 1.29 bits per heavy atom. The van der Waals surface area contributed by atoms with Gasteiger partial charge in [0.05, 0.1) is 17.8 Å². The van der Waals surface area contributed by atoms with Gasteiger partial charge in [0.25, 0.3) is 0 Å². The summed E-state index contributed by atoms with van der Waals surface area (Å²) < 4.78 is 5.38. The molecule has 0 aliphatic rings. The van der Waals surface area contributed by atoms with Crippen LogP contribution in [0.2, 0.25) is 0 Å². The molecule has 0 amide bonds. The van der Waals surface area contributed by atoms with Crippen molar-refractivity contribution in [3.63, 3.8) is 0 Å². The Kier molecular flexibility index (Phi) is 7.87. The second kappa shape index (κ2) is 8.95. The SMILES string of the molecule is COC(C)(C)CCC(O)c1ccc(C(O)CCC(C)(C)CO)cc1. The highest BCUT2D eigenvalue weighted by atomic mass is 16.5. The third kappa shape index (κ3) is 6.89. The lowest BCUT2D eigenvalue weighted by Gasteiger charge is -2.24. The molecule has 0 fully saturated rings. The number of aliphatic hydroxyl groups excluding tert-OH is 3. The second-order valence-electron chi connectivity index (χ2n) is 8.06. The van der Waals surface area contributed by atoms with Gasteiger partial charge in [0.15, 0.2) is 0 Å². The Morgan fingerprint density at radius 1 is 0.875 bits per heavy atom. The normalized spacial score (nSPS) is 15.3. The fourth-order valence-corrected chi connectivity index (χ4v) is 2.47. The molecule has 1 aromatic rings. The van der Waals surface area contributed by atoms with E-state index in [1.807, 2.05) is 52.0 Å². The van der Waals surface area contributed by atoms with Gasteiger partial charge in [-0.1, -0.05) is 38.1 Å². The fourth-order valence-electron chi connectivity index (χ4n) is 2.47. The lowest BCUT2D eigenvalue weighted by molar-refractivity contribution is 0.00278. The van der Waals surface area contributed by atoms with Crippen LogP contribution >= 0.6 is 0 Å². The molecule has 4 heteroatoms. The summed E-state index contributed by atoms with van der Waals surface area (Å²) in [7, 11) is 1.68. The molecule has 1 rings (SSSR count). The smallest absolute Gasteiger partial charge is 0.0791 e. The highest BCUT2D eigenvalue weighted by Crippen LogP contribution is 2.29. The lowest BCUT2D eigenvalue weighted by Crippen LogP contribution is -2.23. The van der Waals surface area contributed by atoms with E-state index in [-0.39, 0.29) is 17.6 Å². The van der Waals surface area contributed by atoms with Crippen LogP contribution in [0.25, 0.3) is 0 Å². The zero-order chi connectivity index (χ0) is 18.4. The van der Waals surface area contributed by atoms with Crippen LogP contribution in [-0.2, 0) is 4.74 Å². The molecule has 0 aromatic heterocycles. The maximum Gasteiger partial charge on any atom is 0.0791 e. The minimum Gasteiger partial charge on any atom is -0.396 e. The molecular weight excluding hydrogens is 304 g/mol. The van der Waals surface area contributed by atoms with Crippen molar-refractivity contribution >= 4 is 0 Å². The maximum atomic E-state index is 10.3. The van der Waals surface area contributed by atoms with Crippen molar-refractivity contribution in [2.45, 2.75) is 71.2 Å². The van der Waals surface area contributed by atoms with Gasteiger partial charge in [-0.2, -0.15) is 0 Å². The molecule has 0 aliphatic heterocycles. The van der Waals surface area contributed by atoms with E-state index in [1.54, 1.807) is 7.11 Å². The van der Waals surface area contributed by atoms with Crippen LogP contribution in [0.1, 0.15) is 76.7 Å². The van der Waals surface area contributed by atoms with E-state index in [1.165, 1.54) is 0 Å². The van der Waals surface area contributed by atoms with E-state index in [4.69, 9.17) is 4.74 Å². The molecule has 3 N–H and O–H groups in total. The Bertz CT molecular complexity index is 434. The zero-order valence-electron chi connectivity index (χ0n) is 15.7. The van der Waals surface area contributed by atoms with Gasteiger partial charge < -0.3 is 20.1 Å². The van der Waals surface area contributed by atoms with Crippen LogP contribution in [0.15, 0.2) is 24.3 Å². The molecule has 0 radical (unpaired) electrons. The molecule has 0 saturated carbocycles. The average molecular weight is 338 g/mol. The Morgan fingerprint density at radius 3 is 1.67 bits per heavy atom. The maximum absolute atomic E-state index is 10.3. The van der Waals surface area contributed by atoms with Gasteiger partial charge in [-0.25, -0.2) is 0 Å². The zero-order valence-corrected chi connectivity index (χ0v) is 15.7. The number of hydrogen-bond donors (Lipinski definition) is 3. The van der Waals surface area contributed by atoms with Crippen molar-refractivity contribution in [3.05, 3.63) is 35.4 Å². The van der Waals surface area contributed by atoms with E-state index in [2.05, 4.69) is 0 Å². The minimum absolute atomic E-state index is 0.114. The van der Waals surface area contributed by atoms with Crippen LogP contribution in [-0.4, -0.2) is 34.6 Å². The van der Waals surface area contributed by atoms with Gasteiger partial charge in [-0.05, 0) is 56.1 Å². The number of ether oxygens (including phenoxy) is 1. The molecule has 24 heavy (non-hydrogen) atoms. The van der Waals surface area contributed by atoms with E-state index in [9.17, 15) is 15.3 Å². The summed E-state index contributed by atoms with van der Waals surface area (Å²) in [6.45, 7) is 8.10. The molecule has 0 saturated heterocycles. The van der Waals surface area contributed by atoms with Crippen molar-refractivity contribution in [2.75, 3.05) is 13.7 Å². The number of benzene rings is 1. The molecule has 138 valence electrons. The van der Waals surface area contributed by atoms with Gasteiger partial charge in [0.2, 0.25) is 0 Å². The standard InChI is InChI=1S/C20H34O4/c1-19(2,14-21)12-10-17(22)15-6-8-16(9-7-15)18(23)11-13-20(3,4)24-5/h6-9,17-18,21-23H,10-14H2,1-5H3. The van der Waals surface area contributed by atoms with Gasteiger partial charge in [0.1, 0.15) is 0 Å². The van der Waals surface area contributed by atoms with Crippen LogP contribution in [0.3, 0.4) is 0 Å². The van der Waals surface area contributed by atoms with Gasteiger partial charge >= 0.3 is 0 Å². The van der Waals surface area contributed by atoms with E-state index in [0.29, 0.717) is 12.8 Å². The first-order valence-corrected chi connectivity index (χ1v) is 8.72. The molecular formula is C20H34O4. The monoisotopic (exact) mass is 338 g/mol. The number of methoxy groups -OCH3 is 1. The molecule has 4 nitrogen and oxygen atoms in total. The summed E-state index contributed by atoms with van der Waals surface area (Å²) in [6, 6.07) is 7.49. The summed E-state index contributed by atoms with van der Waals surface area (Å²) in [5, 5.41) is 29.9. The molecule has 0 aliphatic carbocycles. The largest absolute Gasteiger partial charge is 0.396 e. The Hall–Kier alpha value is -0.940. The second-order valence-corrected chi connectivity index (χ2v) is 8.06. The quantitative estimate of drug-likeness (QED) is 0.607. The first kappa shape index (κ1) is 21.1. The van der Waals surface area contributed by atoms with Crippen LogP contribution in [0.4, 0.5) is 0 Å². The Labute approximate surface area is 146 Å². The van der Waals surface area contributed by atoms with Crippen molar-refractivity contribution in [3.8, 4) is 0 Å². The van der Waals surface area contributed by atoms with Gasteiger partial charge in [0, 0.05) is 13.7 Å². The predicted molar refractivity (Wildman–Crippen MR) is 96.8 cm³/mol. The lowest BCUT2D eigenvalue weighted by atomic mass is 9.86. The van der Waals surface area contributed by atoms with Crippen molar-refractivity contribution < 1.29 is 20.1 Å². The van der Waals surface area contributed by atoms with Crippen molar-refractivity contribution in [1.82, 2.24) is 0 Å². The number of rotatable bonds is 10. The highest BCUT2D eigenvalue weighted by molar-refractivity contribution is 5.25. The summed E-state index contributed by atoms with van der Waals surface area (Å²) in [6.07, 6.45) is 1.69. The summed E-state index contributed by atoms with van der Waals surface area (Å²) in [5.41, 5.74) is 1.28. The molecule has 1 aromatic carbocycles. The third-order valence-electron chi connectivity index (χ3n) is 4.80. The van der Waals surface area contributed by atoms with Crippen LogP contribution < -0.4 is 0 Å². The number of aliphatic hydroxyl groups is 3. The highest BCUT2D eigenvalue weighted by Gasteiger charge is 2.20. The molecule has 2 atom stereocenters. The van der Waals surface area contributed by atoms with Crippen molar-refractivity contribution in [2.24, 2.45) is 5.41 Å². The topological polar surface area (TPSA) is 69.9 Å². The predicted octanol–water partition coefficient (Wildman–Crippen LogP) is 3.76. The van der Waals surface area contributed by atoms with Gasteiger partial charge in [-0.15, -0.1) is 0 Å². The van der Waals surface area contributed by atoms with Gasteiger partial charge in [-0.3, -0.25) is 0 Å². The Balaban J connectivity index is 2.58. The summed E-state index contributed by atoms with van der Waals surface area (Å²) in [4.78, 5) is 0. The van der Waals surface area contributed by atoms with Crippen molar-refractivity contribution in [1.29, 1.82) is 0 Å².